The minimum absolute atomic E-state index is 0.0473. The molecular formula is C7H14N2OS. The highest BCUT2D eigenvalue weighted by atomic mass is 32.2. The Hall–Kier alpha value is -0.220. The first-order chi connectivity index (χ1) is 5.18. The van der Waals surface area contributed by atoms with E-state index < -0.39 is 0 Å². The summed E-state index contributed by atoms with van der Waals surface area (Å²) in [5.74, 6) is 1.08. The molecule has 1 fully saturated rings. The third kappa shape index (κ3) is 3.12. The van der Waals surface area contributed by atoms with Gasteiger partial charge in [0.2, 0.25) is 5.91 Å². The molecule has 0 radical (unpaired) electrons. The molecule has 3 nitrogen and oxygen atoms in total. The van der Waals surface area contributed by atoms with Gasteiger partial charge in [0.25, 0.3) is 0 Å². The van der Waals surface area contributed by atoms with E-state index in [1.807, 2.05) is 11.8 Å². The van der Waals surface area contributed by atoms with Crippen molar-refractivity contribution in [1.82, 2.24) is 5.32 Å². The van der Waals surface area contributed by atoms with E-state index >= 15 is 0 Å². The van der Waals surface area contributed by atoms with Crippen LogP contribution in [0.5, 0.6) is 0 Å². The van der Waals surface area contributed by atoms with E-state index in [9.17, 15) is 4.79 Å². The topological polar surface area (TPSA) is 55.1 Å². The van der Waals surface area contributed by atoms with Crippen molar-refractivity contribution in [3.63, 3.8) is 0 Å². The molecule has 1 amide bonds. The first-order valence-electron chi connectivity index (χ1n) is 3.80. The highest BCUT2D eigenvalue weighted by molar-refractivity contribution is 8.00. The van der Waals surface area contributed by atoms with E-state index in [4.69, 9.17) is 5.73 Å². The Labute approximate surface area is 71.1 Å². The predicted molar refractivity (Wildman–Crippen MR) is 47.5 cm³/mol. The zero-order chi connectivity index (χ0) is 8.27. The number of rotatable bonds is 2. The molecule has 0 aromatic rings. The summed E-state index contributed by atoms with van der Waals surface area (Å²) in [6, 6.07) is 0.332. The Morgan fingerprint density at radius 1 is 1.82 bits per heavy atom. The van der Waals surface area contributed by atoms with Crippen molar-refractivity contribution in [2.24, 2.45) is 5.73 Å². The molecule has 1 rings (SSSR count). The summed E-state index contributed by atoms with van der Waals surface area (Å²) in [6.45, 7) is 2.31. The minimum Gasteiger partial charge on any atom is -0.355 e. The van der Waals surface area contributed by atoms with Gasteiger partial charge in [0.1, 0.15) is 0 Å². The number of amides is 1. The van der Waals surface area contributed by atoms with Crippen molar-refractivity contribution >= 4 is 17.7 Å². The Kier molecular flexibility index (Phi) is 3.20. The molecule has 2 unspecified atom stereocenters. The lowest BCUT2D eigenvalue weighted by Gasteiger charge is -2.07. The molecule has 0 saturated carbocycles. The van der Waals surface area contributed by atoms with Crippen molar-refractivity contribution in [2.75, 3.05) is 12.3 Å². The van der Waals surface area contributed by atoms with Gasteiger partial charge in [0.15, 0.2) is 0 Å². The van der Waals surface area contributed by atoms with E-state index in [1.54, 1.807) is 6.92 Å². The van der Waals surface area contributed by atoms with Crippen LogP contribution in [0.3, 0.4) is 0 Å². The molecule has 0 aromatic carbocycles. The van der Waals surface area contributed by atoms with Crippen LogP contribution in [-0.2, 0) is 4.79 Å². The van der Waals surface area contributed by atoms with E-state index in [0.29, 0.717) is 11.3 Å². The largest absolute Gasteiger partial charge is 0.355 e. The molecule has 3 N–H and O–H groups in total. The third-order valence-corrected chi connectivity index (χ3v) is 3.14. The van der Waals surface area contributed by atoms with Gasteiger partial charge in [-0.25, -0.2) is 0 Å². The zero-order valence-electron chi connectivity index (χ0n) is 6.67. The third-order valence-electron chi connectivity index (χ3n) is 1.69. The smallest absolute Gasteiger partial charge is 0.216 e. The molecule has 1 heterocycles. The molecule has 0 bridgehead atoms. The van der Waals surface area contributed by atoms with Crippen LogP contribution in [0.1, 0.15) is 13.3 Å². The van der Waals surface area contributed by atoms with Crippen LogP contribution < -0.4 is 11.1 Å². The molecule has 1 saturated heterocycles. The molecule has 64 valence electrons. The van der Waals surface area contributed by atoms with E-state index in [-0.39, 0.29) is 5.91 Å². The maximum absolute atomic E-state index is 10.5. The van der Waals surface area contributed by atoms with Crippen molar-refractivity contribution in [2.45, 2.75) is 24.6 Å². The Balaban J connectivity index is 2.13. The Bertz CT molecular complexity index is 151. The molecule has 4 heteroatoms. The highest BCUT2D eigenvalue weighted by Gasteiger charge is 2.21. The van der Waals surface area contributed by atoms with Gasteiger partial charge in [-0.15, -0.1) is 0 Å². The maximum Gasteiger partial charge on any atom is 0.216 e. The van der Waals surface area contributed by atoms with Gasteiger partial charge >= 0.3 is 0 Å². The number of hydrogen-bond acceptors (Lipinski definition) is 3. The number of thioether (sulfide) groups is 1. The van der Waals surface area contributed by atoms with Crippen LogP contribution in [0.25, 0.3) is 0 Å². The normalized spacial score (nSPS) is 30.4. The van der Waals surface area contributed by atoms with Gasteiger partial charge in [-0.1, -0.05) is 0 Å². The summed E-state index contributed by atoms with van der Waals surface area (Å²) < 4.78 is 0. The lowest BCUT2D eigenvalue weighted by molar-refractivity contribution is -0.118. The van der Waals surface area contributed by atoms with Gasteiger partial charge in [0, 0.05) is 30.5 Å². The lowest BCUT2D eigenvalue weighted by Crippen LogP contribution is -2.29. The fourth-order valence-corrected chi connectivity index (χ4v) is 2.37. The summed E-state index contributed by atoms with van der Waals surface area (Å²) >= 11 is 1.85. The van der Waals surface area contributed by atoms with E-state index in [1.165, 1.54) is 0 Å². The van der Waals surface area contributed by atoms with Crippen molar-refractivity contribution in [1.29, 1.82) is 0 Å². The van der Waals surface area contributed by atoms with Crippen LogP contribution in [0.2, 0.25) is 0 Å². The van der Waals surface area contributed by atoms with Crippen LogP contribution in [0.15, 0.2) is 0 Å². The SMILES string of the molecule is CC(=O)NCC1CC(N)CS1. The minimum atomic E-state index is 0.0473. The summed E-state index contributed by atoms with van der Waals surface area (Å²) in [5.41, 5.74) is 5.70. The number of carbonyl (C=O) groups is 1. The quantitative estimate of drug-likeness (QED) is 0.617. The molecule has 2 atom stereocenters. The maximum atomic E-state index is 10.5. The molecule has 0 spiro atoms. The molecule has 1 aliphatic rings. The number of nitrogens with one attached hydrogen (secondary N) is 1. The van der Waals surface area contributed by atoms with Gasteiger partial charge in [-0.05, 0) is 6.42 Å². The predicted octanol–water partition coefficient (Wildman–Crippen LogP) is -0.0447. The van der Waals surface area contributed by atoms with Gasteiger partial charge in [-0.3, -0.25) is 4.79 Å². The molecular weight excluding hydrogens is 160 g/mol. The fraction of sp³-hybridized carbons (Fsp3) is 0.857. The summed E-state index contributed by atoms with van der Waals surface area (Å²) in [6.07, 6.45) is 1.03. The van der Waals surface area contributed by atoms with Crippen LogP contribution in [0.4, 0.5) is 0 Å². The van der Waals surface area contributed by atoms with Gasteiger partial charge in [-0.2, -0.15) is 11.8 Å². The monoisotopic (exact) mass is 174 g/mol. The van der Waals surface area contributed by atoms with Crippen LogP contribution in [0, 0.1) is 0 Å². The molecule has 1 aliphatic heterocycles. The van der Waals surface area contributed by atoms with E-state index in [0.717, 1.165) is 18.7 Å². The Morgan fingerprint density at radius 3 is 3.00 bits per heavy atom. The molecule has 0 aliphatic carbocycles. The summed E-state index contributed by atoms with van der Waals surface area (Å²) in [4.78, 5) is 10.5. The average Bonchev–Trinajstić information content (AvgIpc) is 2.31. The lowest BCUT2D eigenvalue weighted by atomic mass is 10.2. The van der Waals surface area contributed by atoms with Crippen molar-refractivity contribution in [3.05, 3.63) is 0 Å². The molecule has 11 heavy (non-hydrogen) atoms. The van der Waals surface area contributed by atoms with Crippen LogP contribution in [-0.4, -0.2) is 29.5 Å². The second-order valence-corrected chi connectivity index (χ2v) is 4.22. The number of hydrogen-bond donors (Lipinski definition) is 2. The second-order valence-electron chi connectivity index (χ2n) is 2.89. The summed E-state index contributed by atoms with van der Waals surface area (Å²) in [7, 11) is 0. The standard InChI is InChI=1S/C7H14N2OS/c1-5(10)9-3-7-2-6(8)4-11-7/h6-7H,2-4,8H2,1H3,(H,9,10). The average molecular weight is 174 g/mol. The Morgan fingerprint density at radius 2 is 2.55 bits per heavy atom. The summed E-state index contributed by atoms with van der Waals surface area (Å²) in [5, 5.41) is 3.33. The van der Waals surface area contributed by atoms with E-state index in [2.05, 4.69) is 5.32 Å². The van der Waals surface area contributed by atoms with Crippen molar-refractivity contribution in [3.8, 4) is 0 Å². The highest BCUT2D eigenvalue weighted by Crippen LogP contribution is 2.24. The van der Waals surface area contributed by atoms with Crippen LogP contribution >= 0.6 is 11.8 Å². The first-order valence-corrected chi connectivity index (χ1v) is 4.85. The first kappa shape index (κ1) is 8.87. The number of carbonyl (C=O) groups excluding carboxylic acids is 1. The second kappa shape index (κ2) is 3.97. The van der Waals surface area contributed by atoms with Gasteiger partial charge in [0.05, 0.1) is 0 Å². The number of nitrogens with two attached hydrogens (primary N) is 1. The molecule has 0 aromatic heterocycles. The van der Waals surface area contributed by atoms with Gasteiger partial charge < -0.3 is 11.1 Å². The zero-order valence-corrected chi connectivity index (χ0v) is 7.49. The van der Waals surface area contributed by atoms with Crippen molar-refractivity contribution < 1.29 is 4.79 Å². The fourth-order valence-electron chi connectivity index (χ4n) is 1.13.